The van der Waals surface area contributed by atoms with Gasteiger partial charge in [-0.05, 0) is 25.7 Å². The van der Waals surface area contributed by atoms with Crippen molar-refractivity contribution in [2.75, 3.05) is 39.3 Å². The zero-order valence-electron chi connectivity index (χ0n) is 15.8. The van der Waals surface area contributed by atoms with E-state index in [1.165, 1.54) is 51.4 Å². The van der Waals surface area contributed by atoms with Gasteiger partial charge < -0.3 is 26.6 Å². The fraction of sp³-hybridized carbons (Fsp3) is 1.00. The molecule has 2 saturated carbocycles. The van der Waals surface area contributed by atoms with E-state index >= 15 is 0 Å². The van der Waals surface area contributed by atoms with Crippen LogP contribution >= 0.6 is 20.2 Å². The topological polar surface area (TPSA) is 60.1 Å². The Kier molecular flexibility index (Phi) is 13.2. The van der Waals surface area contributed by atoms with Crippen molar-refractivity contribution in [1.29, 1.82) is 0 Å². The van der Waals surface area contributed by atoms with Gasteiger partial charge in [-0.15, -0.1) is 0 Å². The summed E-state index contributed by atoms with van der Waals surface area (Å²) in [5.41, 5.74) is 0. The van der Waals surface area contributed by atoms with Crippen molar-refractivity contribution in [2.45, 2.75) is 75.5 Å². The Labute approximate surface area is 174 Å². The van der Waals surface area contributed by atoms with Gasteiger partial charge in [0.15, 0.2) is 0 Å². The summed E-state index contributed by atoms with van der Waals surface area (Å²) in [7, 11) is 9.59. The second kappa shape index (κ2) is 14.8. The molecule has 1 heterocycles. The number of nitrogens with one attached hydrogen (secondary N) is 5. The average Bonchev–Trinajstić information content (AvgIpc) is 2.67. The normalized spacial score (nSPS) is 34.8. The molecule has 2 aliphatic carbocycles. The van der Waals surface area contributed by atoms with E-state index < -0.39 is 0 Å². The van der Waals surface area contributed by atoms with Crippen LogP contribution in [-0.2, 0) is 13.1 Å². The minimum absolute atomic E-state index is 0.00694. The number of fused-ring (bicyclic) bond motifs is 2. The minimum atomic E-state index is 0.00694. The van der Waals surface area contributed by atoms with Crippen molar-refractivity contribution in [3.63, 3.8) is 0 Å². The number of hydrogen-bond donors (Lipinski definition) is 5. The first-order valence-electron chi connectivity index (χ1n) is 10.4. The van der Waals surface area contributed by atoms with Crippen LogP contribution in [0.25, 0.3) is 0 Å². The Morgan fingerprint density at radius 1 is 0.500 bits per heavy atom. The molecular weight excluding hydrogens is 412 g/mol. The van der Waals surface area contributed by atoms with Gasteiger partial charge in [-0.3, -0.25) is 0 Å². The van der Waals surface area contributed by atoms with Crippen LogP contribution in [0.3, 0.4) is 0 Å². The number of hydrogen-bond acceptors (Lipinski definition) is 5. The molecule has 0 bridgehead atoms. The molecular formula is C18H37Cl2MnN5. The van der Waals surface area contributed by atoms with Crippen molar-refractivity contribution < 1.29 is 13.1 Å². The van der Waals surface area contributed by atoms with Gasteiger partial charge >= 0.3 is 33.3 Å². The quantitative estimate of drug-likeness (QED) is 0.366. The third kappa shape index (κ3) is 8.93. The molecule has 3 rings (SSSR count). The Morgan fingerprint density at radius 3 is 1.08 bits per heavy atom. The molecule has 26 heavy (non-hydrogen) atoms. The van der Waals surface area contributed by atoms with Crippen molar-refractivity contribution in [1.82, 2.24) is 26.6 Å². The van der Waals surface area contributed by atoms with Crippen molar-refractivity contribution in [2.24, 2.45) is 0 Å². The Hall–Kier alpha value is 0.899. The molecule has 5 nitrogen and oxygen atoms in total. The molecule has 0 aromatic heterocycles. The third-order valence-electron chi connectivity index (χ3n) is 5.89. The predicted octanol–water partition coefficient (Wildman–Crippen LogP) is 1.95. The van der Waals surface area contributed by atoms with Crippen molar-refractivity contribution in [3.05, 3.63) is 0 Å². The van der Waals surface area contributed by atoms with Gasteiger partial charge in [-0.2, -0.15) is 0 Å². The summed E-state index contributed by atoms with van der Waals surface area (Å²) in [6.45, 7) is 6.55. The first-order valence-corrected chi connectivity index (χ1v) is 13.6. The van der Waals surface area contributed by atoms with Gasteiger partial charge in [0.1, 0.15) is 0 Å². The molecule has 3 fully saturated rings. The number of rotatable bonds is 0. The van der Waals surface area contributed by atoms with Gasteiger partial charge in [0.05, 0.1) is 0 Å². The monoisotopic (exact) mass is 448 g/mol. The average molecular weight is 449 g/mol. The van der Waals surface area contributed by atoms with Gasteiger partial charge in [-0.25, -0.2) is 0 Å². The van der Waals surface area contributed by atoms with Crippen molar-refractivity contribution >= 4 is 20.2 Å². The first kappa shape index (κ1) is 23.2. The molecule has 4 atom stereocenters. The van der Waals surface area contributed by atoms with E-state index in [4.69, 9.17) is 20.2 Å². The first-order chi connectivity index (χ1) is 12.8. The standard InChI is InChI=1S/C18H37N5.2ClH.Mn/c1-3-7-17-15(5-1)20-11-9-19-10-12-21-16-6-2-4-8-18(16)23-14-13-22-17;;;/h15-23H,1-14H2;2*1H;/q;;;+2/p-2/t15-,16-,17?,18?;;;/m1.../s1. The molecule has 3 aliphatic rings. The van der Waals surface area contributed by atoms with E-state index in [0.717, 1.165) is 39.3 Å². The number of halogens is 2. The van der Waals surface area contributed by atoms with E-state index in [9.17, 15) is 0 Å². The van der Waals surface area contributed by atoms with Crippen LogP contribution in [0, 0.1) is 0 Å². The zero-order valence-corrected chi connectivity index (χ0v) is 18.5. The fourth-order valence-corrected chi connectivity index (χ4v) is 4.57. The van der Waals surface area contributed by atoms with Crippen LogP contribution in [0.5, 0.6) is 0 Å². The molecule has 0 amide bonds. The van der Waals surface area contributed by atoms with Gasteiger partial charge in [0.2, 0.25) is 0 Å². The molecule has 8 heteroatoms. The summed E-state index contributed by atoms with van der Waals surface area (Å²) < 4.78 is 0. The third-order valence-corrected chi connectivity index (χ3v) is 5.89. The summed E-state index contributed by atoms with van der Waals surface area (Å²) in [6, 6.07) is 2.65. The summed E-state index contributed by atoms with van der Waals surface area (Å²) in [4.78, 5) is 0. The molecule has 0 spiro atoms. The molecule has 2 unspecified atom stereocenters. The maximum absolute atomic E-state index is 4.80. The molecule has 0 aromatic carbocycles. The van der Waals surface area contributed by atoms with Crippen LogP contribution in [0.2, 0.25) is 0 Å². The predicted molar refractivity (Wildman–Crippen MR) is 109 cm³/mol. The van der Waals surface area contributed by atoms with E-state index in [1.54, 1.807) is 0 Å². The summed E-state index contributed by atoms with van der Waals surface area (Å²) in [5.74, 6) is 0. The summed E-state index contributed by atoms with van der Waals surface area (Å²) in [6.07, 6.45) is 10.9. The van der Waals surface area contributed by atoms with Crippen LogP contribution < -0.4 is 26.6 Å². The Morgan fingerprint density at radius 2 is 0.769 bits per heavy atom. The van der Waals surface area contributed by atoms with Crippen LogP contribution in [-0.4, -0.2) is 63.4 Å². The Bertz CT molecular complexity index is 324. The molecule has 155 valence electrons. The zero-order chi connectivity index (χ0) is 18.5. The van der Waals surface area contributed by atoms with Crippen LogP contribution in [0.1, 0.15) is 51.4 Å². The van der Waals surface area contributed by atoms with E-state index in [-0.39, 0.29) is 13.1 Å². The second-order valence-electron chi connectivity index (χ2n) is 7.62. The molecule has 1 aliphatic heterocycles. The van der Waals surface area contributed by atoms with Crippen LogP contribution in [0.4, 0.5) is 0 Å². The van der Waals surface area contributed by atoms with E-state index in [0.29, 0.717) is 24.2 Å². The van der Waals surface area contributed by atoms with E-state index in [1.807, 2.05) is 0 Å². The second-order valence-corrected chi connectivity index (χ2v) is 9.57. The fourth-order valence-electron chi connectivity index (χ4n) is 4.57. The Balaban J connectivity index is 0.000000758. The van der Waals surface area contributed by atoms with Crippen molar-refractivity contribution in [3.8, 4) is 0 Å². The van der Waals surface area contributed by atoms with Gasteiger partial charge in [0.25, 0.3) is 0 Å². The maximum atomic E-state index is 4.80. The van der Waals surface area contributed by atoms with Gasteiger partial charge in [-0.1, -0.05) is 25.7 Å². The molecule has 1 saturated heterocycles. The van der Waals surface area contributed by atoms with E-state index in [2.05, 4.69) is 26.6 Å². The van der Waals surface area contributed by atoms with Gasteiger partial charge in [0, 0.05) is 63.4 Å². The summed E-state index contributed by atoms with van der Waals surface area (Å²) >= 11 is 0.00694. The SMILES string of the molecule is C1CC[C@H]2NCCNCCN[C@@H]3CCCCC3NCCNC2C1.[Cl][Mn][Cl]. The summed E-state index contributed by atoms with van der Waals surface area (Å²) in [5, 5.41) is 18.8. The van der Waals surface area contributed by atoms with Crippen LogP contribution in [0.15, 0.2) is 0 Å². The molecule has 0 radical (unpaired) electrons. The molecule has 0 aromatic rings. The molecule has 5 N–H and O–H groups in total.